The fourth-order valence-electron chi connectivity index (χ4n) is 8.50. The van der Waals surface area contributed by atoms with Gasteiger partial charge in [-0.1, -0.05) is 100 Å². The van der Waals surface area contributed by atoms with E-state index < -0.39 is 23.1 Å². The molecule has 0 bridgehead atoms. The van der Waals surface area contributed by atoms with Crippen LogP contribution in [0, 0.1) is 25.7 Å². The molecule has 0 unspecified atom stereocenters. The minimum atomic E-state index is -0.654. The number of phenols is 2. The number of anilines is 2. The molecule has 0 aliphatic heterocycles. The summed E-state index contributed by atoms with van der Waals surface area (Å²) in [5, 5.41) is 58.2. The van der Waals surface area contributed by atoms with Crippen molar-refractivity contribution >= 4 is 66.8 Å². The normalized spacial score (nSPS) is 15.7. The lowest BCUT2D eigenvalue weighted by Gasteiger charge is -2.29. The van der Waals surface area contributed by atoms with Crippen LogP contribution in [0.1, 0.15) is 61.1 Å². The largest absolute Gasteiger partial charge is 0.507 e. The molecule has 290 valence electrons. The number of aliphatic hydroxyl groups excluding tert-OH is 2. The predicted molar refractivity (Wildman–Crippen MR) is 235 cm³/mol. The number of fused-ring (bicyclic) bond motifs is 4. The first-order valence-corrected chi connectivity index (χ1v) is 19.4. The Morgan fingerprint density at radius 2 is 0.845 bits per heavy atom. The summed E-state index contributed by atoms with van der Waals surface area (Å²) in [6, 6.07) is 31.0. The van der Waals surface area contributed by atoms with Gasteiger partial charge in [0.1, 0.15) is 11.5 Å². The van der Waals surface area contributed by atoms with Crippen LogP contribution in [0.15, 0.2) is 121 Å². The molecule has 8 nitrogen and oxygen atoms in total. The van der Waals surface area contributed by atoms with Gasteiger partial charge in [0.05, 0.1) is 11.1 Å². The van der Waals surface area contributed by atoms with E-state index in [4.69, 9.17) is 0 Å². The molecular weight excluding hydrogens is 725 g/mol. The van der Waals surface area contributed by atoms with Crippen molar-refractivity contribution in [3.63, 3.8) is 0 Å². The van der Waals surface area contributed by atoms with Gasteiger partial charge in [-0.05, 0) is 93.7 Å². The van der Waals surface area contributed by atoms with Crippen molar-refractivity contribution in [2.75, 3.05) is 10.6 Å². The van der Waals surface area contributed by atoms with Gasteiger partial charge in [-0.2, -0.15) is 0 Å². The molecule has 58 heavy (non-hydrogen) atoms. The molecular formula is C50H44N2O6. The number of phenolic OH excluding ortho intramolecular Hbond substituents is 2. The molecule has 0 fully saturated rings. The molecule has 0 saturated heterocycles. The number of carbonyl (C=O) groups excluding carboxylic acids is 2. The highest BCUT2D eigenvalue weighted by molar-refractivity contribution is 6.35. The first-order valence-electron chi connectivity index (χ1n) is 19.4. The van der Waals surface area contributed by atoms with E-state index in [1.54, 1.807) is 13.8 Å². The molecule has 6 N–H and O–H groups in total. The average Bonchev–Trinajstić information content (AvgIpc) is 3.19. The molecule has 8 rings (SSSR count). The summed E-state index contributed by atoms with van der Waals surface area (Å²) in [6.45, 7) is 11.1. The number of allylic oxidation sites excluding steroid dienone is 4. The molecule has 0 heterocycles. The van der Waals surface area contributed by atoms with Crippen molar-refractivity contribution in [1.82, 2.24) is 0 Å². The molecule has 2 aliphatic rings. The Balaban J connectivity index is 1.32. The lowest BCUT2D eigenvalue weighted by atomic mass is 9.75. The number of ketones is 2. The van der Waals surface area contributed by atoms with Crippen LogP contribution in [-0.4, -0.2) is 32.0 Å². The lowest BCUT2D eigenvalue weighted by molar-refractivity contribution is -0.113. The third kappa shape index (κ3) is 6.18. The van der Waals surface area contributed by atoms with Gasteiger partial charge in [-0.3, -0.25) is 9.59 Å². The van der Waals surface area contributed by atoms with Crippen molar-refractivity contribution in [3.8, 4) is 22.6 Å². The summed E-state index contributed by atoms with van der Waals surface area (Å²) in [7, 11) is 0. The molecule has 0 radical (unpaired) electrons. The Bertz CT molecular complexity index is 2690. The summed E-state index contributed by atoms with van der Waals surface area (Å²) in [4.78, 5) is 28.1. The standard InChI is InChI=1S/C50H44N2O6/c1-25(2)39-35-19-27(5)41(47(55)43(35)37(45(53)49(39)57)23-51-33-17-15-29-11-7-9-13-31(29)21-33)42-28(6)20-36-40(26(3)4)50(58)46(54)38(44(36)48(42)56)24-52-34-18-16-30-12-8-10-14-32(30)22-34/h7-26,51-52,55-58H,1-6H3/b37-23+,38-24+. The van der Waals surface area contributed by atoms with Gasteiger partial charge < -0.3 is 31.1 Å². The van der Waals surface area contributed by atoms with Crippen molar-refractivity contribution in [2.24, 2.45) is 11.8 Å². The molecule has 6 aromatic rings. The number of aliphatic hydroxyl groups is 2. The van der Waals surface area contributed by atoms with Crippen molar-refractivity contribution in [2.45, 2.75) is 41.5 Å². The number of Topliss-reactive ketones (excluding diaryl/α,β-unsaturated/α-hetero) is 2. The van der Waals surface area contributed by atoms with Crippen LogP contribution >= 0.6 is 0 Å². The Morgan fingerprint density at radius 3 is 1.21 bits per heavy atom. The third-order valence-corrected chi connectivity index (χ3v) is 11.2. The quantitative estimate of drug-likeness (QED) is 0.0883. The second-order valence-electron chi connectivity index (χ2n) is 15.7. The summed E-state index contributed by atoms with van der Waals surface area (Å²) < 4.78 is 0. The molecule has 6 aromatic carbocycles. The number of aromatic hydroxyl groups is 2. The summed E-state index contributed by atoms with van der Waals surface area (Å²) >= 11 is 0. The van der Waals surface area contributed by atoms with Crippen LogP contribution in [0.5, 0.6) is 11.5 Å². The highest BCUT2D eigenvalue weighted by atomic mass is 16.3. The minimum Gasteiger partial charge on any atom is -0.507 e. The number of carbonyl (C=O) groups is 2. The number of hydrogen-bond acceptors (Lipinski definition) is 8. The zero-order valence-electron chi connectivity index (χ0n) is 33.2. The van der Waals surface area contributed by atoms with Crippen molar-refractivity contribution in [1.29, 1.82) is 0 Å². The highest BCUT2D eigenvalue weighted by Crippen LogP contribution is 2.53. The van der Waals surface area contributed by atoms with E-state index in [0.29, 0.717) is 44.8 Å². The Kier molecular flexibility index (Phi) is 9.44. The van der Waals surface area contributed by atoms with Gasteiger partial charge >= 0.3 is 0 Å². The number of aryl methyl sites for hydroxylation is 2. The van der Waals surface area contributed by atoms with Crippen LogP contribution in [-0.2, 0) is 9.59 Å². The molecule has 0 spiro atoms. The zero-order valence-corrected chi connectivity index (χ0v) is 33.2. The molecule has 0 amide bonds. The number of hydrogen-bond donors (Lipinski definition) is 6. The maximum absolute atomic E-state index is 14.1. The van der Waals surface area contributed by atoms with Crippen LogP contribution in [0.3, 0.4) is 0 Å². The SMILES string of the molecule is Cc1cc2c(c(O)c1-c1c(C)cc3c(c1O)/C(=C\Nc1ccc4ccccc4c1)C(=O)C(O)=C3C(C)C)/C(=C\Nc1ccc3ccccc3c1)C(=O)C(O)=C2C(C)C. The topological polar surface area (TPSA) is 139 Å². The van der Waals surface area contributed by atoms with Crippen molar-refractivity contribution in [3.05, 3.63) is 154 Å². The van der Waals surface area contributed by atoms with E-state index in [2.05, 4.69) is 10.6 Å². The van der Waals surface area contributed by atoms with Gasteiger partial charge in [0, 0.05) is 57.2 Å². The van der Waals surface area contributed by atoms with E-state index in [-0.39, 0.29) is 56.7 Å². The Morgan fingerprint density at radius 1 is 0.483 bits per heavy atom. The number of nitrogens with one attached hydrogen (secondary N) is 2. The van der Waals surface area contributed by atoms with Crippen LogP contribution < -0.4 is 10.6 Å². The fourth-order valence-corrected chi connectivity index (χ4v) is 8.50. The Hall–Kier alpha value is -7.06. The fraction of sp³-hybridized carbons (Fsp3) is 0.160. The van der Waals surface area contributed by atoms with E-state index in [1.807, 2.05) is 125 Å². The zero-order chi connectivity index (χ0) is 41.2. The number of benzene rings is 6. The van der Waals surface area contributed by atoms with Gasteiger partial charge in [0.15, 0.2) is 11.5 Å². The lowest BCUT2D eigenvalue weighted by Crippen LogP contribution is -2.20. The highest BCUT2D eigenvalue weighted by Gasteiger charge is 2.38. The molecule has 0 saturated carbocycles. The second-order valence-corrected chi connectivity index (χ2v) is 15.7. The monoisotopic (exact) mass is 768 g/mol. The van der Waals surface area contributed by atoms with Crippen LogP contribution in [0.25, 0.3) is 55.0 Å². The van der Waals surface area contributed by atoms with E-state index in [9.17, 15) is 30.0 Å². The van der Waals surface area contributed by atoms with Gasteiger partial charge in [0.25, 0.3) is 0 Å². The maximum atomic E-state index is 14.1. The first-order chi connectivity index (χ1) is 27.8. The van der Waals surface area contributed by atoms with E-state index in [1.165, 1.54) is 12.4 Å². The predicted octanol–water partition coefficient (Wildman–Crippen LogP) is 11.6. The van der Waals surface area contributed by atoms with E-state index in [0.717, 1.165) is 21.5 Å². The smallest absolute Gasteiger partial charge is 0.229 e. The van der Waals surface area contributed by atoms with Crippen molar-refractivity contribution < 1.29 is 30.0 Å². The molecule has 2 aliphatic carbocycles. The average molecular weight is 769 g/mol. The Labute approximate surface area is 336 Å². The maximum Gasteiger partial charge on any atom is 0.229 e. The van der Waals surface area contributed by atoms with Crippen LogP contribution in [0.2, 0.25) is 0 Å². The van der Waals surface area contributed by atoms with Gasteiger partial charge in [0.2, 0.25) is 11.6 Å². The molecule has 0 aromatic heterocycles. The van der Waals surface area contributed by atoms with E-state index >= 15 is 0 Å². The molecule has 8 heteroatoms. The van der Waals surface area contributed by atoms with Crippen LogP contribution in [0.4, 0.5) is 11.4 Å². The summed E-state index contributed by atoms with van der Waals surface area (Å²) in [5.41, 5.74) is 5.39. The second kappa shape index (κ2) is 14.5. The summed E-state index contributed by atoms with van der Waals surface area (Å²) in [6.07, 6.45) is 2.99. The number of rotatable bonds is 7. The molecule has 0 atom stereocenters. The van der Waals surface area contributed by atoms with Gasteiger partial charge in [-0.25, -0.2) is 0 Å². The minimum absolute atomic E-state index is 0.0456. The van der Waals surface area contributed by atoms with Gasteiger partial charge in [-0.15, -0.1) is 0 Å². The third-order valence-electron chi connectivity index (χ3n) is 11.2. The summed E-state index contributed by atoms with van der Waals surface area (Å²) in [5.74, 6) is -3.17. The first kappa shape index (κ1) is 37.8.